The molecule has 136 valence electrons. The lowest BCUT2D eigenvalue weighted by atomic mass is 10.0. The van der Waals surface area contributed by atoms with E-state index in [9.17, 15) is 5.11 Å². The molecule has 0 bridgehead atoms. The largest absolute Gasteiger partial charge is 0.396 e. The van der Waals surface area contributed by atoms with Gasteiger partial charge < -0.3 is 9.67 Å². The molecular weight excluding hydrogens is 312 g/mol. The highest BCUT2D eigenvalue weighted by molar-refractivity contribution is 5.75. The first kappa shape index (κ1) is 17.0. The van der Waals surface area contributed by atoms with Crippen LogP contribution in [0, 0.1) is 0 Å². The first-order valence-corrected chi connectivity index (χ1v) is 9.83. The first-order valence-electron chi connectivity index (χ1n) is 9.83. The van der Waals surface area contributed by atoms with Gasteiger partial charge in [0.25, 0.3) is 0 Å². The van der Waals surface area contributed by atoms with Crippen LogP contribution in [0.5, 0.6) is 0 Å². The summed E-state index contributed by atoms with van der Waals surface area (Å²) in [6.07, 6.45) is 4.60. The third kappa shape index (κ3) is 3.33. The van der Waals surface area contributed by atoms with Gasteiger partial charge in [0, 0.05) is 38.3 Å². The lowest BCUT2D eigenvalue weighted by Crippen LogP contribution is -2.56. The molecule has 0 aliphatic carbocycles. The van der Waals surface area contributed by atoms with Gasteiger partial charge in [-0.25, -0.2) is 4.98 Å². The van der Waals surface area contributed by atoms with Gasteiger partial charge in [-0.15, -0.1) is 0 Å². The van der Waals surface area contributed by atoms with Crippen LogP contribution in [0.2, 0.25) is 0 Å². The molecular formula is C20H30N4O. The quantitative estimate of drug-likeness (QED) is 0.876. The fraction of sp³-hybridized carbons (Fsp3) is 0.650. The maximum Gasteiger partial charge on any atom is 0.124 e. The number of hydrogen-bond acceptors (Lipinski definition) is 4. The number of aryl methyl sites for hydroxylation is 1. The van der Waals surface area contributed by atoms with Gasteiger partial charge in [-0.1, -0.05) is 19.1 Å². The highest BCUT2D eigenvalue weighted by Gasteiger charge is 2.36. The van der Waals surface area contributed by atoms with E-state index in [0.29, 0.717) is 12.1 Å². The van der Waals surface area contributed by atoms with Crippen molar-refractivity contribution in [3.63, 3.8) is 0 Å². The minimum atomic E-state index is 0.269. The Bertz CT molecular complexity index is 713. The summed E-state index contributed by atoms with van der Waals surface area (Å²) in [6.45, 7) is 7.84. The highest BCUT2D eigenvalue weighted by Crippen LogP contribution is 2.28. The van der Waals surface area contributed by atoms with E-state index in [1.807, 2.05) is 0 Å². The SMILES string of the molecule is CCCn1c(CN2CC3CCCN3C[C@@H]2CCO)nc2ccccc21. The Labute approximate surface area is 150 Å². The van der Waals surface area contributed by atoms with Crippen LogP contribution >= 0.6 is 0 Å². The number of piperazine rings is 1. The molecule has 1 N–H and O–H groups in total. The van der Waals surface area contributed by atoms with Crippen molar-refractivity contribution in [2.24, 2.45) is 0 Å². The van der Waals surface area contributed by atoms with E-state index in [4.69, 9.17) is 4.98 Å². The third-order valence-corrected chi connectivity index (χ3v) is 5.89. The fourth-order valence-corrected chi connectivity index (χ4v) is 4.67. The smallest absolute Gasteiger partial charge is 0.124 e. The van der Waals surface area contributed by atoms with Crippen molar-refractivity contribution < 1.29 is 5.11 Å². The van der Waals surface area contributed by atoms with Gasteiger partial charge >= 0.3 is 0 Å². The van der Waals surface area contributed by atoms with Crippen molar-refractivity contribution in [1.82, 2.24) is 19.4 Å². The standard InChI is InChI=1S/C20H30N4O/c1-2-10-24-19-8-4-3-7-18(19)21-20(24)15-23-14-16-6-5-11-22(16)13-17(23)9-12-25/h3-4,7-8,16-17,25H,2,5-6,9-15H2,1H3/t16?,17-/m0/s1. The summed E-state index contributed by atoms with van der Waals surface area (Å²) in [7, 11) is 0. The van der Waals surface area contributed by atoms with Crippen LogP contribution in [0.25, 0.3) is 11.0 Å². The average molecular weight is 342 g/mol. The maximum absolute atomic E-state index is 9.53. The number of aliphatic hydroxyl groups excluding tert-OH is 1. The van der Waals surface area contributed by atoms with E-state index in [-0.39, 0.29) is 6.61 Å². The molecule has 1 aromatic carbocycles. The number of imidazole rings is 1. The van der Waals surface area contributed by atoms with Gasteiger partial charge in [0.15, 0.2) is 0 Å². The Hall–Kier alpha value is -1.43. The summed E-state index contributed by atoms with van der Waals surface area (Å²) >= 11 is 0. The van der Waals surface area contributed by atoms with Crippen LogP contribution in [-0.2, 0) is 13.1 Å². The van der Waals surface area contributed by atoms with Crippen LogP contribution in [0.4, 0.5) is 0 Å². The number of aromatic nitrogens is 2. The van der Waals surface area contributed by atoms with Crippen molar-refractivity contribution in [1.29, 1.82) is 0 Å². The zero-order chi connectivity index (χ0) is 17.2. The Morgan fingerprint density at radius 1 is 1.24 bits per heavy atom. The first-order chi connectivity index (χ1) is 12.3. The molecule has 0 amide bonds. The van der Waals surface area contributed by atoms with E-state index in [0.717, 1.165) is 44.5 Å². The number of fused-ring (bicyclic) bond motifs is 2. The molecule has 5 nitrogen and oxygen atoms in total. The summed E-state index contributed by atoms with van der Waals surface area (Å²) in [5.74, 6) is 1.18. The fourth-order valence-electron chi connectivity index (χ4n) is 4.67. The van der Waals surface area contributed by atoms with Gasteiger partial charge in [-0.3, -0.25) is 9.80 Å². The summed E-state index contributed by atoms with van der Waals surface area (Å²) in [4.78, 5) is 10.2. The van der Waals surface area contributed by atoms with Gasteiger partial charge in [-0.05, 0) is 44.4 Å². The Morgan fingerprint density at radius 2 is 2.12 bits per heavy atom. The zero-order valence-electron chi connectivity index (χ0n) is 15.3. The van der Waals surface area contributed by atoms with Crippen molar-refractivity contribution in [3.8, 4) is 0 Å². The number of benzene rings is 1. The lowest BCUT2D eigenvalue weighted by Gasteiger charge is -2.43. The van der Waals surface area contributed by atoms with Crippen molar-refractivity contribution in [3.05, 3.63) is 30.1 Å². The van der Waals surface area contributed by atoms with Crippen LogP contribution in [-0.4, -0.2) is 62.8 Å². The molecule has 0 radical (unpaired) electrons. The molecule has 5 heteroatoms. The predicted molar refractivity (Wildman–Crippen MR) is 101 cm³/mol. The summed E-state index contributed by atoms with van der Waals surface area (Å²) in [5, 5.41) is 9.53. The van der Waals surface area contributed by atoms with Crippen LogP contribution < -0.4 is 0 Å². The lowest BCUT2D eigenvalue weighted by molar-refractivity contribution is 0.0311. The van der Waals surface area contributed by atoms with Crippen molar-refractivity contribution >= 4 is 11.0 Å². The van der Waals surface area contributed by atoms with Crippen LogP contribution in [0.3, 0.4) is 0 Å². The van der Waals surface area contributed by atoms with Crippen LogP contribution in [0.1, 0.15) is 38.4 Å². The maximum atomic E-state index is 9.53. The molecule has 0 saturated carbocycles. The summed E-state index contributed by atoms with van der Waals surface area (Å²) in [5.41, 5.74) is 2.35. The Balaban J connectivity index is 1.61. The summed E-state index contributed by atoms with van der Waals surface area (Å²) in [6, 6.07) is 9.60. The number of para-hydroxylation sites is 2. The number of aliphatic hydroxyl groups is 1. The monoisotopic (exact) mass is 342 g/mol. The van der Waals surface area contributed by atoms with Gasteiger partial charge in [-0.2, -0.15) is 0 Å². The summed E-state index contributed by atoms with van der Waals surface area (Å²) < 4.78 is 2.40. The van der Waals surface area contributed by atoms with E-state index in [1.54, 1.807) is 0 Å². The minimum Gasteiger partial charge on any atom is -0.396 e. The van der Waals surface area contributed by atoms with Gasteiger partial charge in [0.1, 0.15) is 5.82 Å². The van der Waals surface area contributed by atoms with Gasteiger partial charge in [0.05, 0.1) is 17.6 Å². The number of rotatable bonds is 6. The molecule has 0 spiro atoms. The van der Waals surface area contributed by atoms with E-state index < -0.39 is 0 Å². The Morgan fingerprint density at radius 3 is 2.96 bits per heavy atom. The Kier molecular flexibility index (Phi) is 5.06. The van der Waals surface area contributed by atoms with E-state index in [2.05, 4.69) is 45.6 Å². The molecule has 2 fully saturated rings. The second-order valence-electron chi connectivity index (χ2n) is 7.55. The molecule has 3 heterocycles. The predicted octanol–water partition coefficient (Wildman–Crippen LogP) is 2.48. The molecule has 4 rings (SSSR count). The van der Waals surface area contributed by atoms with E-state index >= 15 is 0 Å². The zero-order valence-corrected chi connectivity index (χ0v) is 15.3. The second-order valence-corrected chi connectivity index (χ2v) is 7.55. The second kappa shape index (κ2) is 7.44. The molecule has 25 heavy (non-hydrogen) atoms. The van der Waals surface area contributed by atoms with Crippen molar-refractivity contribution in [2.45, 2.75) is 57.8 Å². The normalized spacial score (nSPS) is 24.9. The minimum absolute atomic E-state index is 0.269. The molecule has 1 unspecified atom stereocenters. The third-order valence-electron chi connectivity index (χ3n) is 5.89. The molecule has 2 aliphatic heterocycles. The van der Waals surface area contributed by atoms with Crippen molar-refractivity contribution in [2.75, 3.05) is 26.2 Å². The van der Waals surface area contributed by atoms with E-state index in [1.165, 1.54) is 30.7 Å². The highest BCUT2D eigenvalue weighted by atomic mass is 16.3. The van der Waals surface area contributed by atoms with Gasteiger partial charge in [0.2, 0.25) is 0 Å². The molecule has 2 saturated heterocycles. The topological polar surface area (TPSA) is 44.5 Å². The molecule has 2 aromatic rings. The molecule has 2 atom stereocenters. The average Bonchev–Trinajstić information content (AvgIpc) is 3.20. The molecule has 1 aromatic heterocycles. The number of hydrogen-bond donors (Lipinski definition) is 1. The van der Waals surface area contributed by atoms with Crippen LogP contribution in [0.15, 0.2) is 24.3 Å². The molecule has 2 aliphatic rings. The number of nitrogens with zero attached hydrogens (tertiary/aromatic N) is 4.